The van der Waals surface area contributed by atoms with E-state index in [1.807, 2.05) is 41.5 Å². The van der Waals surface area contributed by atoms with Crippen LogP contribution < -0.4 is 5.32 Å². The van der Waals surface area contributed by atoms with Gasteiger partial charge in [-0.2, -0.15) is 0 Å². The molecule has 22 heavy (non-hydrogen) atoms. The van der Waals surface area contributed by atoms with Crippen molar-refractivity contribution in [3.8, 4) is 0 Å². The lowest BCUT2D eigenvalue weighted by Crippen LogP contribution is -2.28. The van der Waals surface area contributed by atoms with E-state index < -0.39 is 0 Å². The fourth-order valence-electron chi connectivity index (χ4n) is 2.00. The van der Waals surface area contributed by atoms with E-state index in [2.05, 4.69) is 5.32 Å². The Morgan fingerprint density at radius 1 is 0.955 bits per heavy atom. The van der Waals surface area contributed by atoms with E-state index in [0.29, 0.717) is 11.1 Å². The zero-order chi connectivity index (χ0) is 16.9. The van der Waals surface area contributed by atoms with E-state index in [1.165, 1.54) is 0 Å². The first-order valence-electron chi connectivity index (χ1n) is 7.88. The highest BCUT2D eigenvalue weighted by Crippen LogP contribution is 2.25. The van der Waals surface area contributed by atoms with Gasteiger partial charge in [0.05, 0.1) is 23.4 Å². The van der Waals surface area contributed by atoms with E-state index in [4.69, 9.17) is 9.47 Å². The third-order valence-electron chi connectivity index (χ3n) is 3.89. The van der Waals surface area contributed by atoms with E-state index >= 15 is 0 Å². The molecule has 0 saturated carbocycles. The fourth-order valence-corrected chi connectivity index (χ4v) is 2.00. The van der Waals surface area contributed by atoms with Gasteiger partial charge in [-0.1, -0.05) is 13.8 Å². The van der Waals surface area contributed by atoms with Crippen LogP contribution in [0, 0.1) is 0 Å². The maximum Gasteiger partial charge on any atom is 0.336 e. The summed E-state index contributed by atoms with van der Waals surface area (Å²) in [4.78, 5) is 24.5. The standard InChI is InChI=1S/C17H27NO4/c1-7-10(3)21-16(19)14-9-15(13(6)18-12(14)5)17(20)22-11(4)8-2/h10-11,18H,7-9H2,1-6H3. The van der Waals surface area contributed by atoms with Gasteiger partial charge >= 0.3 is 11.9 Å². The topological polar surface area (TPSA) is 64.6 Å². The monoisotopic (exact) mass is 309 g/mol. The summed E-state index contributed by atoms with van der Waals surface area (Å²) in [6, 6.07) is 0. The third-order valence-corrected chi connectivity index (χ3v) is 3.89. The van der Waals surface area contributed by atoms with Crippen molar-refractivity contribution in [3.63, 3.8) is 0 Å². The van der Waals surface area contributed by atoms with Crippen LogP contribution in [0.1, 0.15) is 60.8 Å². The summed E-state index contributed by atoms with van der Waals surface area (Å²) >= 11 is 0. The SMILES string of the molecule is CCC(C)OC(=O)C1=C(C)NC(C)=C(C(=O)OC(C)CC)C1. The molecule has 5 heteroatoms. The van der Waals surface area contributed by atoms with Gasteiger partial charge in [-0.3, -0.25) is 0 Å². The number of carbonyl (C=O) groups is 2. The van der Waals surface area contributed by atoms with Crippen molar-refractivity contribution < 1.29 is 19.1 Å². The van der Waals surface area contributed by atoms with Gasteiger partial charge in [0.2, 0.25) is 0 Å². The highest BCUT2D eigenvalue weighted by atomic mass is 16.5. The van der Waals surface area contributed by atoms with Gasteiger partial charge in [-0.15, -0.1) is 0 Å². The lowest BCUT2D eigenvalue weighted by molar-refractivity contribution is -0.144. The van der Waals surface area contributed by atoms with Crippen molar-refractivity contribution in [2.24, 2.45) is 0 Å². The summed E-state index contributed by atoms with van der Waals surface area (Å²) in [7, 11) is 0. The van der Waals surface area contributed by atoms with E-state index in [-0.39, 0.29) is 30.6 Å². The summed E-state index contributed by atoms with van der Waals surface area (Å²) in [5.74, 6) is -0.749. The van der Waals surface area contributed by atoms with Crippen LogP contribution in [0.5, 0.6) is 0 Å². The molecule has 1 rings (SSSR count). The van der Waals surface area contributed by atoms with Crippen molar-refractivity contribution >= 4 is 11.9 Å². The summed E-state index contributed by atoms with van der Waals surface area (Å²) in [6.45, 7) is 11.2. The van der Waals surface area contributed by atoms with Crippen LogP contribution in [0.25, 0.3) is 0 Å². The highest BCUT2D eigenvalue weighted by molar-refractivity contribution is 5.96. The molecule has 0 aromatic heterocycles. The number of hydrogen-bond acceptors (Lipinski definition) is 5. The molecule has 1 N–H and O–H groups in total. The molecular weight excluding hydrogens is 282 g/mol. The number of rotatable bonds is 6. The Bertz CT molecular complexity index is 461. The molecule has 5 nitrogen and oxygen atoms in total. The second-order valence-electron chi connectivity index (χ2n) is 5.76. The van der Waals surface area contributed by atoms with Crippen LogP contribution in [0.3, 0.4) is 0 Å². The Morgan fingerprint density at radius 3 is 1.64 bits per heavy atom. The van der Waals surface area contributed by atoms with Crippen LogP contribution in [-0.4, -0.2) is 24.1 Å². The third kappa shape index (κ3) is 4.61. The van der Waals surface area contributed by atoms with Gasteiger partial charge < -0.3 is 14.8 Å². The molecule has 1 aliphatic rings. The number of esters is 2. The van der Waals surface area contributed by atoms with Crippen molar-refractivity contribution in [1.29, 1.82) is 0 Å². The zero-order valence-electron chi connectivity index (χ0n) is 14.4. The largest absolute Gasteiger partial charge is 0.459 e. The number of dihydropyridines is 1. The molecular formula is C17H27NO4. The van der Waals surface area contributed by atoms with E-state index in [1.54, 1.807) is 0 Å². The average molecular weight is 309 g/mol. The average Bonchev–Trinajstić information content (AvgIpc) is 2.46. The van der Waals surface area contributed by atoms with Gasteiger partial charge in [0, 0.05) is 17.8 Å². The Labute approximate surface area is 132 Å². The molecule has 1 heterocycles. The summed E-state index contributed by atoms with van der Waals surface area (Å²) in [5, 5.41) is 3.08. The fraction of sp³-hybridized carbons (Fsp3) is 0.647. The number of carbonyl (C=O) groups excluding carboxylic acids is 2. The van der Waals surface area contributed by atoms with Crippen molar-refractivity contribution in [1.82, 2.24) is 5.32 Å². The second kappa shape index (κ2) is 8.01. The van der Waals surface area contributed by atoms with E-state index in [9.17, 15) is 9.59 Å². The van der Waals surface area contributed by atoms with Crippen molar-refractivity contribution in [2.75, 3.05) is 0 Å². The molecule has 2 atom stereocenters. The molecule has 0 radical (unpaired) electrons. The highest BCUT2D eigenvalue weighted by Gasteiger charge is 2.28. The molecule has 0 saturated heterocycles. The molecule has 0 spiro atoms. The van der Waals surface area contributed by atoms with Crippen LogP contribution in [-0.2, 0) is 19.1 Å². The summed E-state index contributed by atoms with van der Waals surface area (Å²) < 4.78 is 10.7. The molecule has 0 bridgehead atoms. The molecule has 0 fully saturated rings. The minimum Gasteiger partial charge on any atom is -0.459 e. The minimum absolute atomic E-state index is 0.143. The molecule has 0 amide bonds. The van der Waals surface area contributed by atoms with Gasteiger partial charge in [-0.05, 0) is 40.5 Å². The minimum atomic E-state index is -0.374. The predicted octanol–water partition coefficient (Wildman–Crippen LogP) is 3.21. The lowest BCUT2D eigenvalue weighted by Gasteiger charge is -2.24. The molecule has 2 unspecified atom stereocenters. The smallest absolute Gasteiger partial charge is 0.336 e. The van der Waals surface area contributed by atoms with E-state index in [0.717, 1.165) is 24.2 Å². The molecule has 1 aliphatic heterocycles. The maximum absolute atomic E-state index is 12.2. The van der Waals surface area contributed by atoms with Crippen molar-refractivity contribution in [3.05, 3.63) is 22.5 Å². The lowest BCUT2D eigenvalue weighted by atomic mass is 9.98. The first-order valence-corrected chi connectivity index (χ1v) is 7.88. The number of ether oxygens (including phenoxy) is 2. The van der Waals surface area contributed by atoms with Crippen LogP contribution in [0.15, 0.2) is 22.5 Å². The Hall–Kier alpha value is -1.78. The van der Waals surface area contributed by atoms with Gasteiger partial charge in [0.25, 0.3) is 0 Å². The predicted molar refractivity (Wildman–Crippen MR) is 84.8 cm³/mol. The number of allylic oxidation sites excluding steroid dienone is 2. The quantitative estimate of drug-likeness (QED) is 0.763. The normalized spacial score (nSPS) is 17.7. The van der Waals surface area contributed by atoms with Crippen molar-refractivity contribution in [2.45, 2.75) is 73.0 Å². The van der Waals surface area contributed by atoms with Gasteiger partial charge in [0.1, 0.15) is 0 Å². The first kappa shape index (κ1) is 18.3. The Balaban J connectivity index is 2.86. The molecule has 0 aromatic rings. The summed E-state index contributed by atoms with van der Waals surface area (Å²) in [5.41, 5.74) is 2.43. The van der Waals surface area contributed by atoms with Gasteiger partial charge in [0.15, 0.2) is 0 Å². The Morgan fingerprint density at radius 2 is 1.32 bits per heavy atom. The Kier molecular flexibility index (Phi) is 6.65. The second-order valence-corrected chi connectivity index (χ2v) is 5.76. The molecule has 124 valence electrons. The first-order chi connectivity index (χ1) is 10.3. The number of nitrogens with one attached hydrogen (secondary N) is 1. The van der Waals surface area contributed by atoms with Gasteiger partial charge in [-0.25, -0.2) is 9.59 Å². The van der Waals surface area contributed by atoms with Crippen LogP contribution in [0.4, 0.5) is 0 Å². The molecule has 0 aliphatic carbocycles. The number of hydrogen-bond donors (Lipinski definition) is 1. The van der Waals surface area contributed by atoms with Crippen LogP contribution >= 0.6 is 0 Å². The van der Waals surface area contributed by atoms with Crippen LogP contribution in [0.2, 0.25) is 0 Å². The summed E-state index contributed by atoms with van der Waals surface area (Å²) in [6.07, 6.45) is 1.47. The molecule has 0 aromatic carbocycles. The maximum atomic E-state index is 12.2. The zero-order valence-corrected chi connectivity index (χ0v) is 14.4.